The van der Waals surface area contributed by atoms with E-state index in [1.54, 1.807) is 6.07 Å². The van der Waals surface area contributed by atoms with Crippen molar-refractivity contribution < 1.29 is 14.3 Å². The van der Waals surface area contributed by atoms with Gasteiger partial charge in [-0.2, -0.15) is 0 Å². The van der Waals surface area contributed by atoms with Crippen molar-refractivity contribution in [1.29, 1.82) is 0 Å². The number of benzene rings is 1. The van der Waals surface area contributed by atoms with E-state index in [4.69, 9.17) is 26.8 Å². The number of rotatable bonds is 6. The number of ether oxygens (including phenoxy) is 2. The van der Waals surface area contributed by atoms with Gasteiger partial charge < -0.3 is 15.2 Å². The van der Waals surface area contributed by atoms with E-state index in [-0.39, 0.29) is 11.8 Å². The zero-order chi connectivity index (χ0) is 14.6. The lowest BCUT2D eigenvalue weighted by Crippen LogP contribution is -2.11. The lowest BCUT2D eigenvalue weighted by molar-refractivity contribution is 0.101. The fraction of sp³-hybridized carbons (Fsp3) is 0.500. The second kappa shape index (κ2) is 6.78. The zero-order valence-corrected chi connectivity index (χ0v) is 12.5. The van der Waals surface area contributed by atoms with Crippen LogP contribution in [0.1, 0.15) is 49.7 Å². The van der Waals surface area contributed by atoms with Gasteiger partial charge >= 0.3 is 0 Å². The fourth-order valence-electron chi connectivity index (χ4n) is 1.84. The molecule has 0 heterocycles. The molecule has 1 rings (SSSR count). The van der Waals surface area contributed by atoms with Crippen LogP contribution in [0.5, 0.6) is 11.5 Å². The van der Waals surface area contributed by atoms with Gasteiger partial charge in [0.25, 0.3) is 0 Å². The summed E-state index contributed by atoms with van der Waals surface area (Å²) in [6.45, 7) is 7.83. The fourth-order valence-corrected chi connectivity index (χ4v) is 2.22. The van der Waals surface area contributed by atoms with Gasteiger partial charge in [-0.15, -0.1) is 0 Å². The van der Waals surface area contributed by atoms with E-state index in [9.17, 15) is 4.79 Å². The van der Waals surface area contributed by atoms with E-state index in [2.05, 4.69) is 0 Å². The molecular formula is C14H20ClNO3. The van der Waals surface area contributed by atoms with Gasteiger partial charge in [-0.05, 0) is 39.3 Å². The quantitative estimate of drug-likeness (QED) is 0.814. The van der Waals surface area contributed by atoms with E-state index in [0.29, 0.717) is 40.9 Å². The number of ketones is 1. The van der Waals surface area contributed by atoms with Gasteiger partial charge in [-0.3, -0.25) is 4.79 Å². The highest BCUT2D eigenvalue weighted by Gasteiger charge is 2.23. The molecule has 106 valence electrons. The summed E-state index contributed by atoms with van der Waals surface area (Å²) in [5.74, 6) is 0.676. The van der Waals surface area contributed by atoms with E-state index >= 15 is 0 Å². The van der Waals surface area contributed by atoms with Crippen LogP contribution in [-0.2, 0) is 0 Å². The number of nitrogens with two attached hydrogens (primary N) is 1. The summed E-state index contributed by atoms with van der Waals surface area (Å²) >= 11 is 6.29. The van der Waals surface area contributed by atoms with Crippen molar-refractivity contribution in [2.75, 3.05) is 13.2 Å². The lowest BCUT2D eigenvalue weighted by Gasteiger charge is -2.19. The Morgan fingerprint density at radius 2 is 1.95 bits per heavy atom. The predicted molar refractivity (Wildman–Crippen MR) is 76.4 cm³/mol. The molecule has 5 heteroatoms. The molecule has 0 saturated heterocycles. The van der Waals surface area contributed by atoms with Gasteiger partial charge in [-0.1, -0.05) is 11.6 Å². The van der Waals surface area contributed by atoms with Crippen molar-refractivity contribution in [2.45, 2.75) is 33.7 Å². The Bertz CT molecular complexity index is 472. The summed E-state index contributed by atoms with van der Waals surface area (Å²) in [4.78, 5) is 11.8. The van der Waals surface area contributed by atoms with Crippen LogP contribution in [0.2, 0.25) is 5.02 Å². The van der Waals surface area contributed by atoms with E-state index in [0.717, 1.165) is 0 Å². The minimum Gasteiger partial charge on any atom is -0.493 e. The van der Waals surface area contributed by atoms with Crippen molar-refractivity contribution in [2.24, 2.45) is 5.73 Å². The minimum absolute atomic E-state index is 0.148. The molecule has 19 heavy (non-hydrogen) atoms. The number of carbonyl (C=O) groups is 1. The largest absolute Gasteiger partial charge is 0.493 e. The molecule has 1 aromatic carbocycles. The van der Waals surface area contributed by atoms with Crippen LogP contribution in [0, 0.1) is 0 Å². The van der Waals surface area contributed by atoms with Crippen molar-refractivity contribution >= 4 is 17.4 Å². The summed E-state index contributed by atoms with van der Waals surface area (Å²) in [7, 11) is 0. The second-order valence-electron chi connectivity index (χ2n) is 4.19. The van der Waals surface area contributed by atoms with Crippen molar-refractivity contribution in [3.8, 4) is 11.5 Å². The highest BCUT2D eigenvalue weighted by Crippen LogP contribution is 2.41. The van der Waals surface area contributed by atoms with Gasteiger partial charge in [0.2, 0.25) is 0 Å². The van der Waals surface area contributed by atoms with Crippen molar-refractivity contribution in [1.82, 2.24) is 0 Å². The molecule has 0 spiro atoms. The topological polar surface area (TPSA) is 61.6 Å². The Labute approximate surface area is 118 Å². The first kappa shape index (κ1) is 15.8. The Balaban J connectivity index is 3.57. The Morgan fingerprint density at radius 1 is 1.37 bits per heavy atom. The summed E-state index contributed by atoms with van der Waals surface area (Å²) < 4.78 is 11.0. The van der Waals surface area contributed by atoms with E-state index in [1.807, 2.05) is 20.8 Å². The van der Waals surface area contributed by atoms with Crippen molar-refractivity contribution in [3.63, 3.8) is 0 Å². The maximum atomic E-state index is 11.8. The van der Waals surface area contributed by atoms with E-state index in [1.165, 1.54) is 6.92 Å². The SMILES string of the molecule is CCOc1cc(C(C)N)c(Cl)c(OCC)c1C(C)=O. The third-order valence-electron chi connectivity index (χ3n) is 2.64. The molecule has 1 unspecified atom stereocenters. The van der Waals surface area contributed by atoms with Crippen molar-refractivity contribution in [3.05, 3.63) is 22.2 Å². The van der Waals surface area contributed by atoms with Gasteiger partial charge in [0.15, 0.2) is 11.5 Å². The average molecular weight is 286 g/mol. The predicted octanol–water partition coefficient (Wildman–Crippen LogP) is 3.36. The summed E-state index contributed by atoms with van der Waals surface area (Å²) in [5.41, 5.74) is 6.97. The Kier molecular flexibility index (Phi) is 5.63. The van der Waals surface area contributed by atoms with Crippen LogP contribution in [0.3, 0.4) is 0 Å². The first-order valence-corrected chi connectivity index (χ1v) is 6.70. The number of hydrogen-bond donors (Lipinski definition) is 1. The molecule has 1 aromatic rings. The molecule has 4 nitrogen and oxygen atoms in total. The normalized spacial score (nSPS) is 12.1. The van der Waals surface area contributed by atoms with E-state index < -0.39 is 0 Å². The van der Waals surface area contributed by atoms with Crippen LogP contribution in [0.4, 0.5) is 0 Å². The molecule has 0 aromatic heterocycles. The highest BCUT2D eigenvalue weighted by atomic mass is 35.5. The third kappa shape index (κ3) is 3.39. The highest BCUT2D eigenvalue weighted by molar-refractivity contribution is 6.33. The number of carbonyl (C=O) groups excluding carboxylic acids is 1. The molecule has 0 aliphatic heterocycles. The molecular weight excluding hydrogens is 266 g/mol. The zero-order valence-electron chi connectivity index (χ0n) is 11.7. The minimum atomic E-state index is -0.271. The number of hydrogen-bond acceptors (Lipinski definition) is 4. The summed E-state index contributed by atoms with van der Waals surface area (Å²) in [5, 5.41) is 0.380. The van der Waals surface area contributed by atoms with Crippen LogP contribution in [0.15, 0.2) is 6.07 Å². The maximum Gasteiger partial charge on any atom is 0.167 e. The smallest absolute Gasteiger partial charge is 0.167 e. The molecule has 0 radical (unpaired) electrons. The average Bonchev–Trinajstić information content (AvgIpc) is 2.32. The molecule has 0 aliphatic rings. The van der Waals surface area contributed by atoms with Gasteiger partial charge in [0.1, 0.15) is 11.3 Å². The molecule has 0 bridgehead atoms. The number of halogens is 1. The molecule has 0 amide bonds. The first-order valence-electron chi connectivity index (χ1n) is 6.32. The second-order valence-corrected chi connectivity index (χ2v) is 4.57. The summed E-state index contributed by atoms with van der Waals surface area (Å²) in [6, 6.07) is 1.45. The van der Waals surface area contributed by atoms with Crippen LogP contribution >= 0.6 is 11.6 Å². The molecule has 0 saturated carbocycles. The van der Waals surface area contributed by atoms with Gasteiger partial charge in [-0.25, -0.2) is 0 Å². The van der Waals surface area contributed by atoms with Gasteiger partial charge in [0, 0.05) is 6.04 Å². The molecule has 2 N–H and O–H groups in total. The third-order valence-corrected chi connectivity index (χ3v) is 3.03. The lowest BCUT2D eigenvalue weighted by atomic mass is 10.0. The molecule has 1 atom stereocenters. The van der Waals surface area contributed by atoms with Crippen LogP contribution in [0.25, 0.3) is 0 Å². The standard InChI is InChI=1S/C14H20ClNO3/c1-5-18-11-7-10(8(3)16)13(15)14(19-6-2)12(11)9(4)17/h7-8H,5-6,16H2,1-4H3. The monoisotopic (exact) mass is 285 g/mol. The number of Topliss-reactive ketones (excluding diaryl/α,β-unsaturated/α-hetero) is 1. The Hall–Kier alpha value is -1.26. The molecule has 0 fully saturated rings. The maximum absolute atomic E-state index is 11.8. The van der Waals surface area contributed by atoms with Crippen LogP contribution < -0.4 is 15.2 Å². The Morgan fingerprint density at radius 3 is 2.37 bits per heavy atom. The van der Waals surface area contributed by atoms with Crippen LogP contribution in [-0.4, -0.2) is 19.0 Å². The first-order chi connectivity index (χ1) is 8.93. The van der Waals surface area contributed by atoms with Gasteiger partial charge in [0.05, 0.1) is 18.2 Å². The summed E-state index contributed by atoms with van der Waals surface area (Å²) in [6.07, 6.45) is 0. The molecule has 0 aliphatic carbocycles.